The zero-order valence-corrected chi connectivity index (χ0v) is 8.99. The zero-order chi connectivity index (χ0) is 11.5. The van der Waals surface area contributed by atoms with E-state index in [2.05, 4.69) is 11.3 Å². The molecule has 2 rings (SSSR count). The Morgan fingerprint density at radius 2 is 2.19 bits per heavy atom. The first-order valence-corrected chi connectivity index (χ1v) is 4.85. The highest BCUT2D eigenvalue weighted by atomic mass is 16.7. The number of carbonyl (C=O) groups is 1. The van der Waals surface area contributed by atoms with E-state index in [0.717, 1.165) is 11.3 Å². The summed E-state index contributed by atoms with van der Waals surface area (Å²) in [5, 5.41) is 0. The lowest BCUT2D eigenvalue weighted by Gasteiger charge is -2.04. The van der Waals surface area contributed by atoms with Crippen LogP contribution in [0.5, 0.6) is 11.5 Å². The van der Waals surface area contributed by atoms with Gasteiger partial charge in [0.15, 0.2) is 11.5 Å². The number of hydrogen-bond acceptors (Lipinski definition) is 4. The van der Waals surface area contributed by atoms with Crippen LogP contribution in [0.4, 0.5) is 0 Å². The molecule has 1 heterocycles. The number of rotatable bonds is 3. The highest BCUT2D eigenvalue weighted by molar-refractivity contribution is 5.88. The second kappa shape index (κ2) is 4.26. The molecular weight excluding hydrogens is 208 g/mol. The predicted molar refractivity (Wildman–Crippen MR) is 57.4 cm³/mol. The Kier molecular flexibility index (Phi) is 2.81. The molecule has 0 fully saturated rings. The van der Waals surface area contributed by atoms with Gasteiger partial charge in [0.25, 0.3) is 0 Å². The van der Waals surface area contributed by atoms with Crippen molar-refractivity contribution in [2.45, 2.75) is 6.42 Å². The third kappa shape index (κ3) is 2.00. The summed E-state index contributed by atoms with van der Waals surface area (Å²) in [6, 6.07) is 5.54. The van der Waals surface area contributed by atoms with Crippen molar-refractivity contribution in [1.82, 2.24) is 0 Å². The van der Waals surface area contributed by atoms with E-state index in [1.807, 2.05) is 18.2 Å². The van der Waals surface area contributed by atoms with Gasteiger partial charge < -0.3 is 14.2 Å². The molecule has 0 bridgehead atoms. The molecule has 4 heteroatoms. The van der Waals surface area contributed by atoms with Gasteiger partial charge in [0.1, 0.15) is 0 Å². The van der Waals surface area contributed by atoms with Crippen LogP contribution in [-0.4, -0.2) is 19.9 Å². The Hall–Kier alpha value is -1.97. The van der Waals surface area contributed by atoms with Crippen molar-refractivity contribution in [3.8, 4) is 11.5 Å². The van der Waals surface area contributed by atoms with E-state index in [-0.39, 0.29) is 6.79 Å². The first-order chi connectivity index (χ1) is 7.70. The average Bonchev–Trinajstić information content (AvgIpc) is 2.75. The Morgan fingerprint density at radius 1 is 1.44 bits per heavy atom. The summed E-state index contributed by atoms with van der Waals surface area (Å²) in [6.07, 6.45) is 0.448. The summed E-state index contributed by atoms with van der Waals surface area (Å²) >= 11 is 0. The molecule has 0 unspecified atom stereocenters. The number of carbonyl (C=O) groups excluding carboxylic acids is 1. The van der Waals surface area contributed by atoms with E-state index in [0.29, 0.717) is 17.7 Å². The summed E-state index contributed by atoms with van der Waals surface area (Å²) in [4.78, 5) is 11.2. The van der Waals surface area contributed by atoms with Gasteiger partial charge in [-0.1, -0.05) is 12.6 Å². The lowest BCUT2D eigenvalue weighted by Crippen LogP contribution is -2.05. The van der Waals surface area contributed by atoms with Crippen LogP contribution in [0.2, 0.25) is 0 Å². The number of methoxy groups -OCH3 is 1. The minimum Gasteiger partial charge on any atom is -0.466 e. The van der Waals surface area contributed by atoms with Crippen LogP contribution in [0.3, 0.4) is 0 Å². The fourth-order valence-corrected chi connectivity index (χ4v) is 1.51. The lowest BCUT2D eigenvalue weighted by molar-refractivity contribution is -0.136. The summed E-state index contributed by atoms with van der Waals surface area (Å²) in [6.45, 7) is 3.91. The van der Waals surface area contributed by atoms with E-state index in [9.17, 15) is 4.79 Å². The molecule has 4 nitrogen and oxygen atoms in total. The fourth-order valence-electron chi connectivity index (χ4n) is 1.51. The van der Waals surface area contributed by atoms with Gasteiger partial charge in [0.2, 0.25) is 6.79 Å². The topological polar surface area (TPSA) is 44.8 Å². The van der Waals surface area contributed by atoms with Crippen molar-refractivity contribution in [2.75, 3.05) is 13.9 Å². The van der Waals surface area contributed by atoms with E-state index in [4.69, 9.17) is 9.47 Å². The van der Waals surface area contributed by atoms with Gasteiger partial charge in [-0.2, -0.15) is 0 Å². The predicted octanol–water partition coefficient (Wildman–Crippen LogP) is 1.69. The largest absolute Gasteiger partial charge is 0.466 e. The molecule has 0 aromatic heterocycles. The van der Waals surface area contributed by atoms with Crippen molar-refractivity contribution in [3.05, 3.63) is 35.9 Å². The minimum atomic E-state index is -0.391. The summed E-state index contributed by atoms with van der Waals surface area (Å²) < 4.78 is 15.0. The quantitative estimate of drug-likeness (QED) is 0.574. The monoisotopic (exact) mass is 220 g/mol. The van der Waals surface area contributed by atoms with Crippen LogP contribution in [-0.2, 0) is 16.0 Å². The average molecular weight is 220 g/mol. The number of fused-ring (bicyclic) bond motifs is 1. The van der Waals surface area contributed by atoms with Crippen LogP contribution in [0.15, 0.2) is 30.4 Å². The van der Waals surface area contributed by atoms with Crippen LogP contribution in [0, 0.1) is 0 Å². The molecule has 16 heavy (non-hydrogen) atoms. The van der Waals surface area contributed by atoms with Crippen molar-refractivity contribution < 1.29 is 19.0 Å². The minimum absolute atomic E-state index is 0.247. The standard InChI is InChI=1S/C12H12O4/c1-8(12(13)14-2)5-9-3-4-10-11(6-9)16-7-15-10/h3-4,6H,1,5,7H2,2H3. The van der Waals surface area contributed by atoms with Crippen molar-refractivity contribution in [2.24, 2.45) is 0 Å². The molecule has 0 saturated heterocycles. The first kappa shape index (κ1) is 10.5. The molecule has 1 aliphatic heterocycles. The van der Waals surface area contributed by atoms with Gasteiger partial charge in [-0.25, -0.2) is 4.79 Å². The van der Waals surface area contributed by atoms with Crippen LogP contribution < -0.4 is 9.47 Å². The number of hydrogen-bond donors (Lipinski definition) is 0. The molecule has 0 radical (unpaired) electrons. The van der Waals surface area contributed by atoms with Crippen molar-refractivity contribution in [3.63, 3.8) is 0 Å². The van der Waals surface area contributed by atoms with E-state index < -0.39 is 5.97 Å². The number of esters is 1. The lowest BCUT2D eigenvalue weighted by atomic mass is 10.1. The summed E-state index contributed by atoms with van der Waals surface area (Å²) in [5.41, 5.74) is 1.36. The highest BCUT2D eigenvalue weighted by Gasteiger charge is 2.14. The summed E-state index contributed by atoms with van der Waals surface area (Å²) in [5.74, 6) is 1.04. The van der Waals surface area contributed by atoms with E-state index >= 15 is 0 Å². The van der Waals surface area contributed by atoms with Crippen LogP contribution in [0.1, 0.15) is 5.56 Å². The highest BCUT2D eigenvalue weighted by Crippen LogP contribution is 2.32. The first-order valence-electron chi connectivity index (χ1n) is 4.85. The Bertz CT molecular complexity index is 437. The second-order valence-electron chi connectivity index (χ2n) is 3.46. The molecule has 1 aromatic carbocycles. The molecule has 0 amide bonds. The fraction of sp³-hybridized carbons (Fsp3) is 0.250. The SMILES string of the molecule is C=C(Cc1ccc2c(c1)OCO2)C(=O)OC. The zero-order valence-electron chi connectivity index (χ0n) is 8.99. The third-order valence-corrected chi connectivity index (χ3v) is 2.33. The maximum Gasteiger partial charge on any atom is 0.333 e. The van der Waals surface area contributed by atoms with Gasteiger partial charge in [-0.15, -0.1) is 0 Å². The van der Waals surface area contributed by atoms with Gasteiger partial charge >= 0.3 is 5.97 Å². The molecule has 0 atom stereocenters. The van der Waals surface area contributed by atoms with Crippen molar-refractivity contribution in [1.29, 1.82) is 0 Å². The van der Waals surface area contributed by atoms with Crippen LogP contribution in [0.25, 0.3) is 0 Å². The molecule has 0 spiro atoms. The molecule has 0 aliphatic carbocycles. The summed E-state index contributed by atoms with van der Waals surface area (Å²) in [7, 11) is 1.34. The second-order valence-corrected chi connectivity index (χ2v) is 3.46. The smallest absolute Gasteiger partial charge is 0.333 e. The molecule has 0 saturated carbocycles. The normalized spacial score (nSPS) is 12.3. The molecule has 84 valence electrons. The van der Waals surface area contributed by atoms with E-state index in [1.165, 1.54) is 7.11 Å². The molecule has 1 aliphatic rings. The Labute approximate surface area is 93.4 Å². The van der Waals surface area contributed by atoms with Crippen LogP contribution >= 0.6 is 0 Å². The Morgan fingerprint density at radius 3 is 2.94 bits per heavy atom. The number of ether oxygens (including phenoxy) is 3. The Balaban J connectivity index is 2.11. The van der Waals surface area contributed by atoms with Gasteiger partial charge in [0.05, 0.1) is 7.11 Å². The molecule has 0 N–H and O–H groups in total. The number of benzene rings is 1. The maximum absolute atomic E-state index is 11.2. The van der Waals surface area contributed by atoms with Crippen molar-refractivity contribution >= 4 is 5.97 Å². The van der Waals surface area contributed by atoms with Gasteiger partial charge in [-0.05, 0) is 17.7 Å². The molecule has 1 aromatic rings. The maximum atomic E-state index is 11.2. The molecular formula is C12H12O4. The van der Waals surface area contributed by atoms with Gasteiger partial charge in [-0.3, -0.25) is 0 Å². The third-order valence-electron chi connectivity index (χ3n) is 2.33. The van der Waals surface area contributed by atoms with E-state index in [1.54, 1.807) is 0 Å². The van der Waals surface area contributed by atoms with Gasteiger partial charge in [0, 0.05) is 12.0 Å².